The maximum absolute atomic E-state index is 11.8. The number of hydrogen-bond donors (Lipinski definition) is 3. The second-order valence-electron chi connectivity index (χ2n) is 4.76. The highest BCUT2D eigenvalue weighted by Gasteiger charge is 2.27. The van der Waals surface area contributed by atoms with Gasteiger partial charge in [0.2, 0.25) is 0 Å². The van der Waals surface area contributed by atoms with Crippen molar-refractivity contribution in [3.8, 4) is 0 Å². The number of amides is 1. The summed E-state index contributed by atoms with van der Waals surface area (Å²) >= 11 is 0. The van der Waals surface area contributed by atoms with Gasteiger partial charge >= 0.3 is 5.97 Å². The molecule has 1 rings (SSSR count). The van der Waals surface area contributed by atoms with Gasteiger partial charge in [-0.15, -0.1) is 0 Å². The van der Waals surface area contributed by atoms with Gasteiger partial charge in [0.25, 0.3) is 5.91 Å². The molecule has 0 bridgehead atoms. The average molecular weight is 251 g/mol. The minimum absolute atomic E-state index is 0.208. The van der Waals surface area contributed by atoms with Gasteiger partial charge in [0.05, 0.1) is 6.42 Å². The molecule has 0 aliphatic heterocycles. The highest BCUT2D eigenvalue weighted by molar-refractivity contribution is 5.83. The lowest BCUT2D eigenvalue weighted by molar-refractivity contribution is -0.139. The van der Waals surface area contributed by atoms with Gasteiger partial charge in [-0.1, -0.05) is 30.3 Å². The Labute approximate surface area is 105 Å². The number of nitrogens with one attached hydrogen (secondary N) is 1. The van der Waals surface area contributed by atoms with Crippen molar-refractivity contribution in [1.29, 1.82) is 0 Å². The fraction of sp³-hybridized carbons (Fsp3) is 0.385. The molecular formula is C13H17NO4. The second-order valence-corrected chi connectivity index (χ2v) is 4.76. The molecule has 5 heteroatoms. The van der Waals surface area contributed by atoms with Crippen LogP contribution in [0.4, 0.5) is 0 Å². The van der Waals surface area contributed by atoms with Crippen LogP contribution in [0.1, 0.15) is 31.9 Å². The van der Waals surface area contributed by atoms with Crippen molar-refractivity contribution in [3.05, 3.63) is 35.9 Å². The zero-order valence-corrected chi connectivity index (χ0v) is 10.4. The Hall–Kier alpha value is -1.88. The lowest BCUT2D eigenvalue weighted by atomic mass is 9.99. The molecule has 1 atom stereocenters. The Morgan fingerprint density at radius 3 is 2.33 bits per heavy atom. The molecule has 5 nitrogen and oxygen atoms in total. The van der Waals surface area contributed by atoms with Crippen molar-refractivity contribution < 1.29 is 19.8 Å². The summed E-state index contributed by atoms with van der Waals surface area (Å²) in [7, 11) is 0. The van der Waals surface area contributed by atoms with Gasteiger partial charge in [0.1, 0.15) is 0 Å². The van der Waals surface area contributed by atoms with Crippen molar-refractivity contribution in [2.75, 3.05) is 0 Å². The van der Waals surface area contributed by atoms with E-state index in [1.807, 2.05) is 0 Å². The zero-order chi connectivity index (χ0) is 13.8. The molecule has 0 heterocycles. The van der Waals surface area contributed by atoms with Gasteiger partial charge in [-0.2, -0.15) is 0 Å². The van der Waals surface area contributed by atoms with Crippen LogP contribution < -0.4 is 5.32 Å². The highest BCUT2D eigenvalue weighted by Crippen LogP contribution is 2.15. The Morgan fingerprint density at radius 2 is 1.83 bits per heavy atom. The van der Waals surface area contributed by atoms with E-state index in [1.165, 1.54) is 0 Å². The summed E-state index contributed by atoms with van der Waals surface area (Å²) < 4.78 is 0. The second kappa shape index (κ2) is 5.64. The predicted molar refractivity (Wildman–Crippen MR) is 65.9 cm³/mol. The van der Waals surface area contributed by atoms with E-state index in [9.17, 15) is 14.7 Å². The van der Waals surface area contributed by atoms with E-state index in [1.54, 1.807) is 44.2 Å². The first-order valence-electron chi connectivity index (χ1n) is 5.59. The van der Waals surface area contributed by atoms with Crippen molar-refractivity contribution in [2.45, 2.75) is 31.9 Å². The first-order chi connectivity index (χ1) is 8.32. The largest absolute Gasteiger partial charge is 0.481 e. The van der Waals surface area contributed by atoms with Gasteiger partial charge < -0.3 is 15.5 Å². The number of carboxylic acid groups (broad SMARTS) is 1. The highest BCUT2D eigenvalue weighted by atomic mass is 16.4. The number of rotatable bonds is 5. The van der Waals surface area contributed by atoms with Crippen LogP contribution in [0.2, 0.25) is 0 Å². The summed E-state index contributed by atoms with van der Waals surface area (Å²) in [6.07, 6.45) is -1.50. The Balaban J connectivity index is 2.68. The first kappa shape index (κ1) is 14.2. The van der Waals surface area contributed by atoms with Crippen molar-refractivity contribution in [3.63, 3.8) is 0 Å². The molecule has 1 aromatic rings. The zero-order valence-electron chi connectivity index (χ0n) is 10.4. The van der Waals surface area contributed by atoms with Crippen LogP contribution in [0.15, 0.2) is 30.3 Å². The predicted octanol–water partition coefficient (Wildman–Crippen LogP) is 1.09. The Morgan fingerprint density at radius 1 is 1.28 bits per heavy atom. The van der Waals surface area contributed by atoms with Gasteiger partial charge in [-0.3, -0.25) is 9.59 Å². The molecular weight excluding hydrogens is 234 g/mol. The summed E-state index contributed by atoms with van der Waals surface area (Å²) in [5, 5.41) is 21.0. The molecule has 0 aromatic heterocycles. The molecule has 1 amide bonds. The smallest absolute Gasteiger partial charge is 0.305 e. The molecule has 0 fully saturated rings. The molecule has 18 heavy (non-hydrogen) atoms. The van der Waals surface area contributed by atoms with Crippen molar-refractivity contribution in [1.82, 2.24) is 5.32 Å². The Bertz CT molecular complexity index is 428. The van der Waals surface area contributed by atoms with E-state index in [4.69, 9.17) is 5.11 Å². The summed E-state index contributed by atoms with van der Waals surface area (Å²) in [4.78, 5) is 22.4. The lowest BCUT2D eigenvalue weighted by Crippen LogP contribution is -2.46. The van der Waals surface area contributed by atoms with E-state index < -0.39 is 23.5 Å². The number of benzene rings is 1. The van der Waals surface area contributed by atoms with Crippen LogP contribution in [0, 0.1) is 0 Å². The molecule has 1 aromatic carbocycles. The lowest BCUT2D eigenvalue weighted by Gasteiger charge is -2.25. The van der Waals surface area contributed by atoms with Crippen LogP contribution in [0.3, 0.4) is 0 Å². The van der Waals surface area contributed by atoms with Crippen LogP contribution in [0.25, 0.3) is 0 Å². The number of aliphatic hydroxyl groups excluding tert-OH is 1. The van der Waals surface area contributed by atoms with Crippen LogP contribution in [-0.4, -0.2) is 27.6 Å². The standard InChI is InChI=1S/C13H17NO4/c1-13(2,8-10(15)16)14-12(18)11(17)9-6-4-3-5-7-9/h3-7,11,17H,8H2,1-2H3,(H,14,18)(H,15,16). The molecule has 0 aliphatic carbocycles. The van der Waals surface area contributed by atoms with Gasteiger partial charge in [-0.25, -0.2) is 0 Å². The molecule has 0 spiro atoms. The first-order valence-corrected chi connectivity index (χ1v) is 5.59. The van der Waals surface area contributed by atoms with Gasteiger partial charge in [-0.05, 0) is 19.4 Å². The number of hydrogen-bond acceptors (Lipinski definition) is 3. The third-order valence-electron chi connectivity index (χ3n) is 2.42. The number of carbonyl (C=O) groups excluding carboxylic acids is 1. The molecule has 98 valence electrons. The number of aliphatic hydroxyl groups is 1. The van der Waals surface area contributed by atoms with Crippen LogP contribution >= 0.6 is 0 Å². The SMILES string of the molecule is CC(C)(CC(=O)O)NC(=O)C(O)c1ccccc1. The summed E-state index contributed by atoms with van der Waals surface area (Å²) in [6.45, 7) is 3.19. The van der Waals surface area contributed by atoms with Crippen molar-refractivity contribution >= 4 is 11.9 Å². The molecule has 0 saturated heterocycles. The van der Waals surface area contributed by atoms with E-state index in [2.05, 4.69) is 5.32 Å². The minimum Gasteiger partial charge on any atom is -0.481 e. The normalized spacial score (nSPS) is 12.8. The van der Waals surface area contributed by atoms with Gasteiger partial charge in [0, 0.05) is 5.54 Å². The monoisotopic (exact) mass is 251 g/mol. The summed E-state index contributed by atoms with van der Waals surface area (Å²) in [6, 6.07) is 8.48. The number of carboxylic acids is 1. The number of carbonyl (C=O) groups is 2. The van der Waals surface area contributed by atoms with E-state index in [0.717, 1.165) is 0 Å². The molecule has 3 N–H and O–H groups in total. The molecule has 1 unspecified atom stereocenters. The van der Waals surface area contributed by atoms with Crippen LogP contribution in [0.5, 0.6) is 0 Å². The Kier molecular flexibility index (Phi) is 4.44. The summed E-state index contributed by atoms with van der Waals surface area (Å²) in [5.74, 6) is -1.61. The molecule has 0 radical (unpaired) electrons. The fourth-order valence-corrected chi connectivity index (χ4v) is 1.61. The molecule has 0 saturated carbocycles. The third-order valence-corrected chi connectivity index (χ3v) is 2.42. The van der Waals surface area contributed by atoms with Crippen molar-refractivity contribution in [2.24, 2.45) is 0 Å². The third kappa shape index (κ3) is 4.18. The maximum Gasteiger partial charge on any atom is 0.305 e. The van der Waals surface area contributed by atoms with Gasteiger partial charge in [0.15, 0.2) is 6.10 Å². The van der Waals surface area contributed by atoms with E-state index >= 15 is 0 Å². The number of aliphatic carboxylic acids is 1. The average Bonchev–Trinajstić information content (AvgIpc) is 2.26. The molecule has 0 aliphatic rings. The maximum atomic E-state index is 11.8. The van der Waals surface area contributed by atoms with E-state index in [0.29, 0.717) is 5.56 Å². The van der Waals surface area contributed by atoms with E-state index in [-0.39, 0.29) is 6.42 Å². The fourth-order valence-electron chi connectivity index (χ4n) is 1.61. The topological polar surface area (TPSA) is 86.6 Å². The minimum atomic E-state index is -1.29. The quantitative estimate of drug-likeness (QED) is 0.731. The summed E-state index contributed by atoms with van der Waals surface area (Å²) in [5.41, 5.74) is -0.431. The van der Waals surface area contributed by atoms with Crippen LogP contribution in [-0.2, 0) is 9.59 Å².